The monoisotopic (exact) mass is 319 g/mol. The summed E-state index contributed by atoms with van der Waals surface area (Å²) in [6, 6.07) is 2.05. The Morgan fingerprint density at radius 3 is 2.91 bits per heavy atom. The molecular formula is C17H25N3O3. The van der Waals surface area contributed by atoms with Gasteiger partial charge < -0.3 is 19.7 Å². The summed E-state index contributed by atoms with van der Waals surface area (Å²) in [5, 5.41) is 3.36. The molecule has 0 atom stereocenters. The lowest BCUT2D eigenvalue weighted by atomic mass is 10.0. The third-order valence-electron chi connectivity index (χ3n) is 4.30. The quantitative estimate of drug-likeness (QED) is 0.924. The normalized spacial score (nSPS) is 18.7. The van der Waals surface area contributed by atoms with Crippen molar-refractivity contribution in [3.05, 3.63) is 23.4 Å². The van der Waals surface area contributed by atoms with Crippen molar-refractivity contribution < 1.29 is 14.3 Å². The first kappa shape index (κ1) is 16.1. The number of amides is 1. The molecule has 1 saturated heterocycles. The Hall–Kier alpha value is -1.82. The SMILES string of the molecule is CC(C)OC(=O)N1CCC(Oc2nccc3c2CCNC3)CC1. The zero-order valence-corrected chi connectivity index (χ0v) is 13.9. The highest BCUT2D eigenvalue weighted by molar-refractivity contribution is 5.67. The first-order valence-electron chi connectivity index (χ1n) is 8.43. The molecule has 0 bridgehead atoms. The molecule has 6 heteroatoms. The fourth-order valence-corrected chi connectivity index (χ4v) is 3.07. The van der Waals surface area contributed by atoms with E-state index in [2.05, 4.69) is 16.4 Å². The van der Waals surface area contributed by atoms with Crippen LogP contribution < -0.4 is 10.1 Å². The highest BCUT2D eigenvalue weighted by Crippen LogP contribution is 2.26. The van der Waals surface area contributed by atoms with Gasteiger partial charge in [0.15, 0.2) is 0 Å². The lowest BCUT2D eigenvalue weighted by Gasteiger charge is -2.32. The van der Waals surface area contributed by atoms with E-state index in [0.29, 0.717) is 13.1 Å². The lowest BCUT2D eigenvalue weighted by molar-refractivity contribution is 0.0504. The number of carbonyl (C=O) groups is 1. The molecule has 0 radical (unpaired) electrons. The van der Waals surface area contributed by atoms with Gasteiger partial charge in [0.05, 0.1) is 6.10 Å². The van der Waals surface area contributed by atoms with Gasteiger partial charge in [-0.2, -0.15) is 0 Å². The molecule has 1 N–H and O–H groups in total. The molecule has 0 spiro atoms. The summed E-state index contributed by atoms with van der Waals surface area (Å²) in [7, 11) is 0. The summed E-state index contributed by atoms with van der Waals surface area (Å²) in [6.07, 6.45) is 4.22. The van der Waals surface area contributed by atoms with Crippen LogP contribution >= 0.6 is 0 Å². The van der Waals surface area contributed by atoms with Crippen molar-refractivity contribution in [2.75, 3.05) is 19.6 Å². The van der Waals surface area contributed by atoms with Crippen molar-refractivity contribution >= 4 is 6.09 Å². The van der Waals surface area contributed by atoms with Crippen LogP contribution in [0.4, 0.5) is 4.79 Å². The van der Waals surface area contributed by atoms with Crippen LogP contribution in [0.25, 0.3) is 0 Å². The standard InChI is InChI=1S/C17H25N3O3/c1-12(2)22-17(21)20-9-5-14(6-10-20)23-16-15-4-7-18-11-13(15)3-8-19-16/h3,8,12,14,18H,4-7,9-11H2,1-2H3. The molecule has 2 aliphatic heterocycles. The number of carbonyl (C=O) groups excluding carboxylic acids is 1. The molecule has 126 valence electrons. The van der Waals surface area contributed by atoms with Crippen molar-refractivity contribution in [1.82, 2.24) is 15.2 Å². The minimum Gasteiger partial charge on any atom is -0.474 e. The van der Waals surface area contributed by atoms with Crippen LogP contribution in [0.15, 0.2) is 12.3 Å². The Kier molecular flexibility index (Phi) is 5.00. The van der Waals surface area contributed by atoms with Gasteiger partial charge in [0.25, 0.3) is 0 Å². The molecule has 23 heavy (non-hydrogen) atoms. The van der Waals surface area contributed by atoms with Gasteiger partial charge in [-0.15, -0.1) is 0 Å². The van der Waals surface area contributed by atoms with Crippen LogP contribution in [0.1, 0.15) is 37.8 Å². The Morgan fingerprint density at radius 2 is 2.17 bits per heavy atom. The molecule has 0 aromatic carbocycles. The molecule has 6 nitrogen and oxygen atoms in total. The number of pyridine rings is 1. The second kappa shape index (κ2) is 7.17. The first-order valence-corrected chi connectivity index (χ1v) is 8.43. The van der Waals surface area contributed by atoms with Gasteiger partial charge in [-0.1, -0.05) is 0 Å². The molecule has 0 aliphatic carbocycles. The zero-order valence-electron chi connectivity index (χ0n) is 13.9. The average Bonchev–Trinajstić information content (AvgIpc) is 2.55. The van der Waals surface area contributed by atoms with Crippen LogP contribution in [-0.2, 0) is 17.7 Å². The fraction of sp³-hybridized carbons (Fsp3) is 0.647. The highest BCUT2D eigenvalue weighted by atomic mass is 16.6. The molecule has 1 aromatic rings. The van der Waals surface area contributed by atoms with E-state index < -0.39 is 0 Å². The molecular weight excluding hydrogens is 294 g/mol. The average molecular weight is 319 g/mol. The Balaban J connectivity index is 1.56. The minimum absolute atomic E-state index is 0.0786. The summed E-state index contributed by atoms with van der Waals surface area (Å²) < 4.78 is 11.4. The smallest absolute Gasteiger partial charge is 0.410 e. The number of likely N-dealkylation sites (tertiary alicyclic amines) is 1. The molecule has 2 aliphatic rings. The van der Waals surface area contributed by atoms with E-state index in [0.717, 1.165) is 38.2 Å². The van der Waals surface area contributed by atoms with E-state index in [4.69, 9.17) is 9.47 Å². The Bertz CT molecular complexity index is 554. The number of ether oxygens (including phenoxy) is 2. The van der Waals surface area contributed by atoms with Crippen molar-refractivity contribution in [3.8, 4) is 5.88 Å². The molecule has 0 unspecified atom stereocenters. The second-order valence-corrected chi connectivity index (χ2v) is 6.42. The second-order valence-electron chi connectivity index (χ2n) is 6.42. The van der Waals surface area contributed by atoms with E-state index in [-0.39, 0.29) is 18.3 Å². The van der Waals surface area contributed by atoms with Gasteiger partial charge in [0, 0.05) is 44.2 Å². The number of fused-ring (bicyclic) bond motifs is 1. The molecule has 1 fully saturated rings. The largest absolute Gasteiger partial charge is 0.474 e. The molecule has 3 rings (SSSR count). The van der Waals surface area contributed by atoms with E-state index in [1.807, 2.05) is 20.0 Å². The van der Waals surface area contributed by atoms with Crippen LogP contribution in [0.3, 0.4) is 0 Å². The number of piperidine rings is 1. The van der Waals surface area contributed by atoms with Crippen molar-refractivity contribution in [2.45, 2.75) is 51.9 Å². The number of hydrogen-bond donors (Lipinski definition) is 1. The third-order valence-corrected chi connectivity index (χ3v) is 4.30. The molecule has 0 saturated carbocycles. The van der Waals surface area contributed by atoms with Crippen molar-refractivity contribution in [2.24, 2.45) is 0 Å². The van der Waals surface area contributed by atoms with Crippen LogP contribution in [0, 0.1) is 0 Å². The van der Waals surface area contributed by atoms with Crippen molar-refractivity contribution in [1.29, 1.82) is 0 Å². The van der Waals surface area contributed by atoms with Gasteiger partial charge in [0.2, 0.25) is 5.88 Å². The maximum atomic E-state index is 11.9. The highest BCUT2D eigenvalue weighted by Gasteiger charge is 2.26. The van der Waals surface area contributed by atoms with Gasteiger partial charge in [-0.3, -0.25) is 0 Å². The summed E-state index contributed by atoms with van der Waals surface area (Å²) in [5.41, 5.74) is 2.51. The predicted octanol–water partition coefficient (Wildman–Crippen LogP) is 2.12. The predicted molar refractivity (Wildman–Crippen MR) is 86.5 cm³/mol. The number of aromatic nitrogens is 1. The Labute approximate surface area is 137 Å². The van der Waals surface area contributed by atoms with Gasteiger partial charge in [-0.25, -0.2) is 9.78 Å². The first-order chi connectivity index (χ1) is 11.1. The van der Waals surface area contributed by atoms with Gasteiger partial charge >= 0.3 is 6.09 Å². The zero-order chi connectivity index (χ0) is 16.2. The summed E-state index contributed by atoms with van der Waals surface area (Å²) >= 11 is 0. The number of nitrogens with zero attached hydrogens (tertiary/aromatic N) is 2. The van der Waals surface area contributed by atoms with Gasteiger partial charge in [0.1, 0.15) is 6.10 Å². The summed E-state index contributed by atoms with van der Waals surface area (Å²) in [6.45, 7) is 6.93. The van der Waals surface area contributed by atoms with Crippen LogP contribution in [-0.4, -0.2) is 47.8 Å². The summed E-state index contributed by atoms with van der Waals surface area (Å²) in [5.74, 6) is 0.771. The summed E-state index contributed by atoms with van der Waals surface area (Å²) in [4.78, 5) is 18.1. The van der Waals surface area contributed by atoms with Crippen LogP contribution in [0.2, 0.25) is 0 Å². The lowest BCUT2D eigenvalue weighted by Crippen LogP contribution is -2.42. The number of hydrogen-bond acceptors (Lipinski definition) is 5. The topological polar surface area (TPSA) is 63.7 Å². The van der Waals surface area contributed by atoms with E-state index in [9.17, 15) is 4.79 Å². The number of rotatable bonds is 3. The number of nitrogens with one attached hydrogen (secondary N) is 1. The van der Waals surface area contributed by atoms with E-state index in [1.165, 1.54) is 11.1 Å². The maximum Gasteiger partial charge on any atom is 0.410 e. The van der Waals surface area contributed by atoms with Crippen molar-refractivity contribution in [3.63, 3.8) is 0 Å². The van der Waals surface area contributed by atoms with Crippen LogP contribution in [0.5, 0.6) is 5.88 Å². The van der Waals surface area contributed by atoms with E-state index in [1.54, 1.807) is 4.90 Å². The molecule has 3 heterocycles. The van der Waals surface area contributed by atoms with Gasteiger partial charge in [-0.05, 0) is 38.4 Å². The molecule has 1 aromatic heterocycles. The Morgan fingerprint density at radius 1 is 1.39 bits per heavy atom. The molecule has 1 amide bonds. The van der Waals surface area contributed by atoms with E-state index >= 15 is 0 Å². The third kappa shape index (κ3) is 3.93. The minimum atomic E-state index is -0.222. The maximum absolute atomic E-state index is 11.9. The fourth-order valence-electron chi connectivity index (χ4n) is 3.07.